The van der Waals surface area contributed by atoms with E-state index in [1.165, 1.54) is 17.3 Å². The van der Waals surface area contributed by atoms with E-state index in [4.69, 9.17) is 10.2 Å². The maximum atomic E-state index is 5.59. The molecule has 0 bridgehead atoms. The van der Waals surface area contributed by atoms with Crippen molar-refractivity contribution in [1.82, 2.24) is 10.2 Å². The molecule has 1 aromatic carbocycles. The fraction of sp³-hybridized carbons (Fsp3) is 0.200. The summed E-state index contributed by atoms with van der Waals surface area (Å²) < 4.78 is 5.24. The first-order valence-corrected chi connectivity index (χ1v) is 5.50. The van der Waals surface area contributed by atoms with Crippen LogP contribution in [0.2, 0.25) is 0 Å². The number of anilines is 1. The molecule has 0 aliphatic rings. The average Bonchev–Trinajstić information content (AvgIpc) is 2.64. The van der Waals surface area contributed by atoms with E-state index in [2.05, 4.69) is 10.2 Å². The van der Waals surface area contributed by atoms with Gasteiger partial charge >= 0.3 is 0 Å². The van der Waals surface area contributed by atoms with Crippen molar-refractivity contribution in [2.75, 3.05) is 5.73 Å². The molecule has 0 saturated carbocycles. The van der Waals surface area contributed by atoms with Gasteiger partial charge in [-0.2, -0.15) is 0 Å². The Hall–Kier alpha value is -1.49. The Labute approximate surface area is 91.9 Å². The van der Waals surface area contributed by atoms with Crippen LogP contribution in [0.15, 0.2) is 33.9 Å². The molecule has 2 rings (SSSR count). The van der Waals surface area contributed by atoms with E-state index in [1.807, 2.05) is 24.3 Å². The summed E-state index contributed by atoms with van der Waals surface area (Å²) in [4.78, 5) is 0. The van der Waals surface area contributed by atoms with Gasteiger partial charge in [-0.1, -0.05) is 23.9 Å². The highest BCUT2D eigenvalue weighted by Crippen LogP contribution is 2.21. The van der Waals surface area contributed by atoms with Crippen molar-refractivity contribution in [3.05, 3.63) is 35.7 Å². The Balaban J connectivity index is 1.96. The Bertz CT molecular complexity index is 438. The monoisotopic (exact) mass is 221 g/mol. The van der Waals surface area contributed by atoms with E-state index >= 15 is 0 Å². The quantitative estimate of drug-likeness (QED) is 0.636. The second-order valence-electron chi connectivity index (χ2n) is 3.12. The predicted molar refractivity (Wildman–Crippen MR) is 59.5 cm³/mol. The number of nitrogens with zero attached hydrogens (tertiary/aromatic N) is 2. The summed E-state index contributed by atoms with van der Waals surface area (Å²) in [5, 5.41) is 8.26. The van der Waals surface area contributed by atoms with Crippen molar-refractivity contribution >= 4 is 17.4 Å². The van der Waals surface area contributed by atoms with Gasteiger partial charge in [-0.15, -0.1) is 10.2 Å². The van der Waals surface area contributed by atoms with E-state index in [1.54, 1.807) is 6.92 Å². The van der Waals surface area contributed by atoms with Crippen LogP contribution < -0.4 is 5.73 Å². The maximum Gasteiger partial charge on any atom is 0.276 e. The van der Waals surface area contributed by atoms with Gasteiger partial charge in [0.2, 0.25) is 5.89 Å². The fourth-order valence-electron chi connectivity index (χ4n) is 1.10. The van der Waals surface area contributed by atoms with Crippen LogP contribution in [0.3, 0.4) is 0 Å². The summed E-state index contributed by atoms with van der Waals surface area (Å²) in [7, 11) is 0. The zero-order valence-electron chi connectivity index (χ0n) is 8.30. The SMILES string of the molecule is Cc1nnc(SCc2ccc(N)cc2)o1. The number of benzene rings is 1. The van der Waals surface area contributed by atoms with Crippen LogP contribution in [0.4, 0.5) is 5.69 Å². The Morgan fingerprint density at radius 3 is 2.60 bits per heavy atom. The molecular weight excluding hydrogens is 210 g/mol. The third kappa shape index (κ3) is 2.73. The van der Waals surface area contributed by atoms with Gasteiger partial charge in [-0.05, 0) is 17.7 Å². The molecule has 0 spiro atoms. The topological polar surface area (TPSA) is 64.9 Å². The van der Waals surface area contributed by atoms with Gasteiger partial charge < -0.3 is 10.2 Å². The van der Waals surface area contributed by atoms with Crippen molar-refractivity contribution < 1.29 is 4.42 Å². The molecule has 15 heavy (non-hydrogen) atoms. The molecule has 2 N–H and O–H groups in total. The zero-order chi connectivity index (χ0) is 10.7. The smallest absolute Gasteiger partial charge is 0.276 e. The summed E-state index contributed by atoms with van der Waals surface area (Å²) in [6, 6.07) is 7.75. The van der Waals surface area contributed by atoms with Gasteiger partial charge in [0.05, 0.1) is 0 Å². The summed E-state index contributed by atoms with van der Waals surface area (Å²) in [6.45, 7) is 1.78. The minimum absolute atomic E-state index is 0.592. The lowest BCUT2D eigenvalue weighted by atomic mass is 10.2. The molecule has 0 radical (unpaired) electrons. The third-order valence-electron chi connectivity index (χ3n) is 1.85. The van der Waals surface area contributed by atoms with Crippen LogP contribution in [-0.4, -0.2) is 10.2 Å². The molecule has 0 aliphatic heterocycles. The number of rotatable bonds is 3. The fourth-order valence-corrected chi connectivity index (χ4v) is 1.86. The molecule has 0 amide bonds. The first-order chi connectivity index (χ1) is 7.24. The molecule has 1 heterocycles. The molecule has 0 saturated heterocycles. The lowest BCUT2D eigenvalue weighted by Crippen LogP contribution is -1.85. The van der Waals surface area contributed by atoms with Gasteiger partial charge in [0.1, 0.15) is 0 Å². The molecule has 78 valence electrons. The molecule has 5 heteroatoms. The molecule has 0 atom stereocenters. The first kappa shape index (κ1) is 10.0. The lowest BCUT2D eigenvalue weighted by Gasteiger charge is -1.98. The molecule has 2 aromatic rings. The van der Waals surface area contributed by atoms with Crippen molar-refractivity contribution in [1.29, 1.82) is 0 Å². The Kier molecular flexibility index (Phi) is 2.91. The van der Waals surface area contributed by atoms with Gasteiger partial charge in [0.15, 0.2) is 0 Å². The van der Waals surface area contributed by atoms with Crippen molar-refractivity contribution in [3.8, 4) is 0 Å². The molecule has 4 nitrogen and oxygen atoms in total. The highest BCUT2D eigenvalue weighted by molar-refractivity contribution is 7.98. The summed E-state index contributed by atoms with van der Waals surface area (Å²) in [5.74, 6) is 1.40. The standard InChI is InChI=1S/C10H11N3OS/c1-7-12-13-10(14-7)15-6-8-2-4-9(11)5-3-8/h2-5H,6,11H2,1H3. The average molecular weight is 221 g/mol. The number of nitrogen functional groups attached to an aromatic ring is 1. The van der Waals surface area contributed by atoms with Gasteiger partial charge in [0.25, 0.3) is 5.22 Å². The zero-order valence-corrected chi connectivity index (χ0v) is 9.12. The van der Waals surface area contributed by atoms with Crippen LogP contribution in [0.1, 0.15) is 11.5 Å². The van der Waals surface area contributed by atoms with E-state index in [9.17, 15) is 0 Å². The van der Waals surface area contributed by atoms with Crippen LogP contribution in [0.5, 0.6) is 0 Å². The van der Waals surface area contributed by atoms with E-state index < -0.39 is 0 Å². The molecule has 0 fully saturated rings. The number of hydrogen-bond donors (Lipinski definition) is 1. The van der Waals surface area contributed by atoms with Crippen LogP contribution >= 0.6 is 11.8 Å². The van der Waals surface area contributed by atoms with Crippen molar-refractivity contribution in [2.24, 2.45) is 0 Å². The highest BCUT2D eigenvalue weighted by Gasteiger charge is 2.02. The number of thioether (sulfide) groups is 1. The van der Waals surface area contributed by atoms with Gasteiger partial charge in [0, 0.05) is 18.4 Å². The molecule has 1 aromatic heterocycles. The van der Waals surface area contributed by atoms with Crippen LogP contribution in [-0.2, 0) is 5.75 Å². The van der Waals surface area contributed by atoms with E-state index in [0.29, 0.717) is 11.1 Å². The van der Waals surface area contributed by atoms with E-state index in [-0.39, 0.29) is 0 Å². The lowest BCUT2D eigenvalue weighted by molar-refractivity contribution is 0.429. The van der Waals surface area contributed by atoms with Crippen LogP contribution in [0, 0.1) is 6.92 Å². The van der Waals surface area contributed by atoms with Crippen LogP contribution in [0.25, 0.3) is 0 Å². The summed E-state index contributed by atoms with van der Waals surface area (Å²) in [5.41, 5.74) is 7.55. The minimum Gasteiger partial charge on any atom is -0.416 e. The summed E-state index contributed by atoms with van der Waals surface area (Å²) >= 11 is 1.52. The number of nitrogens with two attached hydrogens (primary N) is 1. The minimum atomic E-state index is 0.592. The third-order valence-corrected chi connectivity index (χ3v) is 2.74. The predicted octanol–water partition coefficient (Wildman–Crippen LogP) is 2.25. The molecule has 0 unspecified atom stereocenters. The normalized spacial score (nSPS) is 10.5. The van der Waals surface area contributed by atoms with E-state index in [0.717, 1.165) is 11.4 Å². The molecular formula is C10H11N3OS. The number of aromatic nitrogens is 2. The maximum absolute atomic E-state index is 5.59. The molecule has 0 aliphatic carbocycles. The second-order valence-corrected chi connectivity index (χ2v) is 4.04. The Morgan fingerprint density at radius 2 is 2.00 bits per heavy atom. The second kappa shape index (κ2) is 4.35. The van der Waals surface area contributed by atoms with Gasteiger partial charge in [-0.3, -0.25) is 0 Å². The first-order valence-electron chi connectivity index (χ1n) is 4.51. The van der Waals surface area contributed by atoms with Crippen molar-refractivity contribution in [3.63, 3.8) is 0 Å². The van der Waals surface area contributed by atoms with Gasteiger partial charge in [-0.25, -0.2) is 0 Å². The summed E-state index contributed by atoms with van der Waals surface area (Å²) in [6.07, 6.45) is 0. The highest BCUT2D eigenvalue weighted by atomic mass is 32.2. The number of aryl methyl sites for hydroxylation is 1. The largest absolute Gasteiger partial charge is 0.416 e. The Morgan fingerprint density at radius 1 is 1.27 bits per heavy atom. The number of hydrogen-bond acceptors (Lipinski definition) is 5. The van der Waals surface area contributed by atoms with Crippen molar-refractivity contribution in [2.45, 2.75) is 17.9 Å².